The van der Waals surface area contributed by atoms with E-state index in [1.54, 1.807) is 0 Å². The van der Waals surface area contributed by atoms with Crippen LogP contribution in [0.25, 0.3) is 0 Å². The molecule has 0 amide bonds. The molecule has 112 valence electrons. The molecule has 0 aromatic rings. The average Bonchev–Trinajstić information content (AvgIpc) is 2.25. The molecule has 0 aliphatic carbocycles. The van der Waals surface area contributed by atoms with Gasteiger partial charge in [-0.05, 0) is 15.9 Å². The Morgan fingerprint density at radius 2 is 1.11 bits per heavy atom. The predicted octanol–water partition coefficient (Wildman–Crippen LogP) is 3.43. The highest BCUT2D eigenvalue weighted by Crippen LogP contribution is 2.74. The summed E-state index contributed by atoms with van der Waals surface area (Å²) in [6, 6.07) is 0. The van der Waals surface area contributed by atoms with Crippen molar-refractivity contribution in [3.8, 4) is 0 Å². The fourth-order valence-electron chi connectivity index (χ4n) is 2.21. The van der Waals surface area contributed by atoms with Gasteiger partial charge < -0.3 is 9.47 Å². The molecule has 0 aliphatic rings. The molecule has 0 aromatic heterocycles. The zero-order valence-corrected chi connectivity index (χ0v) is 15.4. The van der Waals surface area contributed by atoms with Gasteiger partial charge in [-0.25, -0.2) is 9.59 Å². The highest BCUT2D eigenvalue weighted by Gasteiger charge is 2.47. The Morgan fingerprint density at radius 3 is 1.26 bits per heavy atom. The molecular weight excluding hydrogens is 331 g/mol. The SMILES string of the molecule is COC(=O)C(C(=O)OC)=P(Br)(C(C)(C)C)C(C)(C)C. The molecule has 0 aromatic carbocycles. The monoisotopic (exact) mass is 354 g/mol. The smallest absolute Gasteiger partial charge is 0.346 e. The Bertz CT molecular complexity index is 391. The van der Waals surface area contributed by atoms with Crippen molar-refractivity contribution < 1.29 is 19.1 Å². The summed E-state index contributed by atoms with van der Waals surface area (Å²) in [5.74, 6) is -1.25. The summed E-state index contributed by atoms with van der Waals surface area (Å²) < 4.78 is 9.59. The standard InChI is InChI=1S/C13H24BrO4P/c1-12(2,3)19(14,13(4,5)6)9(10(15)17-7)11(16)18-8/h1-8H3. The van der Waals surface area contributed by atoms with Crippen molar-refractivity contribution in [2.45, 2.75) is 51.9 Å². The summed E-state index contributed by atoms with van der Waals surface area (Å²) >= 11 is 3.75. The van der Waals surface area contributed by atoms with Gasteiger partial charge in [-0.15, -0.1) is 0 Å². The average molecular weight is 355 g/mol. The van der Waals surface area contributed by atoms with Crippen molar-refractivity contribution in [3.05, 3.63) is 0 Å². The first-order chi connectivity index (χ1) is 8.34. The minimum absolute atomic E-state index is 0.0949. The number of hydrogen-bond acceptors (Lipinski definition) is 4. The Hall–Kier alpha value is -0.280. The maximum atomic E-state index is 12.1. The van der Waals surface area contributed by atoms with Crippen LogP contribution >= 0.6 is 21.1 Å². The minimum atomic E-state index is -2.31. The first-order valence-electron chi connectivity index (χ1n) is 5.97. The van der Waals surface area contributed by atoms with Crippen LogP contribution in [0.4, 0.5) is 0 Å². The summed E-state index contributed by atoms with van der Waals surface area (Å²) in [6.07, 6.45) is 0. The lowest BCUT2D eigenvalue weighted by molar-refractivity contribution is -0.137. The second-order valence-electron chi connectivity index (χ2n) is 6.26. The topological polar surface area (TPSA) is 52.6 Å². The molecule has 0 atom stereocenters. The maximum absolute atomic E-state index is 12.1. The van der Waals surface area contributed by atoms with Crippen molar-refractivity contribution >= 4 is 38.3 Å². The van der Waals surface area contributed by atoms with E-state index in [2.05, 4.69) is 15.5 Å². The van der Waals surface area contributed by atoms with Crippen molar-refractivity contribution in [2.75, 3.05) is 14.2 Å². The van der Waals surface area contributed by atoms with Crippen LogP contribution in [0, 0.1) is 0 Å². The summed E-state index contributed by atoms with van der Waals surface area (Å²) in [4.78, 5) is 24.2. The fourth-order valence-corrected chi connectivity index (χ4v) is 7.11. The van der Waals surface area contributed by atoms with Crippen molar-refractivity contribution in [2.24, 2.45) is 0 Å². The number of hydrogen-bond donors (Lipinski definition) is 0. The van der Waals surface area contributed by atoms with Gasteiger partial charge in [0.15, 0.2) is 5.29 Å². The number of esters is 2. The van der Waals surface area contributed by atoms with E-state index in [-0.39, 0.29) is 15.6 Å². The Labute approximate surface area is 123 Å². The van der Waals surface area contributed by atoms with Crippen LogP contribution in [0.3, 0.4) is 0 Å². The maximum Gasteiger partial charge on any atom is 0.346 e. The normalized spacial score (nSPS) is 12.9. The summed E-state index contributed by atoms with van der Waals surface area (Å²) in [5.41, 5.74) is -2.31. The van der Waals surface area contributed by atoms with Crippen molar-refractivity contribution in [1.82, 2.24) is 0 Å². The van der Waals surface area contributed by atoms with E-state index in [9.17, 15) is 9.59 Å². The lowest BCUT2D eigenvalue weighted by atomic mass is 10.2. The number of halogens is 1. The van der Waals surface area contributed by atoms with Gasteiger partial charge in [0, 0.05) is 0 Å². The Morgan fingerprint density at radius 1 is 0.842 bits per heavy atom. The van der Waals surface area contributed by atoms with Crippen LogP contribution in [0.15, 0.2) is 0 Å². The number of rotatable bonds is 2. The highest BCUT2D eigenvalue weighted by atomic mass is 79.9. The van der Waals surface area contributed by atoms with Crippen molar-refractivity contribution in [3.63, 3.8) is 0 Å². The molecule has 0 N–H and O–H groups in total. The summed E-state index contributed by atoms with van der Waals surface area (Å²) in [7, 11) is 2.54. The number of carbonyl (C=O) groups is 2. The number of ether oxygens (including phenoxy) is 2. The second-order valence-corrected chi connectivity index (χ2v) is 13.8. The predicted molar refractivity (Wildman–Crippen MR) is 84.4 cm³/mol. The van der Waals surface area contributed by atoms with Crippen molar-refractivity contribution in [1.29, 1.82) is 0 Å². The molecule has 19 heavy (non-hydrogen) atoms. The van der Waals surface area contributed by atoms with Crippen LogP contribution in [0.5, 0.6) is 0 Å². The molecule has 0 spiro atoms. The molecule has 4 nitrogen and oxygen atoms in total. The zero-order valence-electron chi connectivity index (χ0n) is 13.0. The molecule has 0 radical (unpaired) electrons. The third-order valence-corrected chi connectivity index (χ3v) is 15.0. The molecule has 0 heterocycles. The number of carbonyl (C=O) groups excluding carboxylic acids is 2. The van der Waals surface area contributed by atoms with Crippen LogP contribution in [-0.2, 0) is 19.1 Å². The zero-order chi connectivity index (χ0) is 15.6. The summed E-state index contributed by atoms with van der Waals surface area (Å²) in [6.45, 7) is 12.0. The first kappa shape index (κ1) is 18.7. The van der Waals surface area contributed by atoms with E-state index in [4.69, 9.17) is 9.47 Å². The molecule has 6 heteroatoms. The van der Waals surface area contributed by atoms with Gasteiger partial charge >= 0.3 is 11.9 Å². The fraction of sp³-hybridized carbons (Fsp3) is 0.769. The van der Waals surface area contributed by atoms with Gasteiger partial charge in [-0.1, -0.05) is 57.0 Å². The lowest BCUT2D eigenvalue weighted by Crippen LogP contribution is -2.37. The molecule has 0 saturated heterocycles. The van der Waals surface area contributed by atoms with E-state index < -0.39 is 17.5 Å². The Balaban J connectivity index is 6.70. The van der Waals surface area contributed by atoms with Crippen LogP contribution in [-0.4, -0.2) is 41.8 Å². The quantitative estimate of drug-likeness (QED) is 0.433. The van der Waals surface area contributed by atoms with Gasteiger partial charge in [0.1, 0.15) is 0 Å². The molecule has 0 unspecified atom stereocenters. The minimum Gasteiger partial charge on any atom is -0.465 e. The van der Waals surface area contributed by atoms with Gasteiger partial charge in [-0.3, -0.25) is 0 Å². The first-order valence-corrected chi connectivity index (χ1v) is 9.78. The van der Waals surface area contributed by atoms with Gasteiger partial charge in [0.2, 0.25) is 0 Å². The van der Waals surface area contributed by atoms with E-state index in [1.807, 2.05) is 41.5 Å². The van der Waals surface area contributed by atoms with Crippen LogP contribution in [0.2, 0.25) is 0 Å². The summed E-state index contributed by atoms with van der Waals surface area (Å²) in [5, 5.41) is -0.483. The van der Waals surface area contributed by atoms with Gasteiger partial charge in [-0.2, -0.15) is 0 Å². The molecule has 0 fully saturated rings. The highest BCUT2D eigenvalue weighted by molar-refractivity contribution is 9.42. The van der Waals surface area contributed by atoms with E-state index in [0.717, 1.165) is 0 Å². The van der Waals surface area contributed by atoms with Gasteiger partial charge in [0.25, 0.3) is 0 Å². The third kappa shape index (κ3) is 3.43. The molecule has 0 saturated carbocycles. The molecular formula is C13H24BrO4P. The molecule has 0 rings (SSSR count). The lowest BCUT2D eigenvalue weighted by Gasteiger charge is -2.44. The number of methoxy groups -OCH3 is 2. The molecule has 0 bridgehead atoms. The van der Waals surface area contributed by atoms with E-state index in [0.29, 0.717) is 0 Å². The van der Waals surface area contributed by atoms with E-state index >= 15 is 0 Å². The third-order valence-electron chi connectivity index (χ3n) is 2.91. The van der Waals surface area contributed by atoms with Crippen LogP contribution < -0.4 is 0 Å². The largest absolute Gasteiger partial charge is 0.465 e. The van der Waals surface area contributed by atoms with E-state index in [1.165, 1.54) is 14.2 Å². The second kappa shape index (κ2) is 6.01. The van der Waals surface area contributed by atoms with Gasteiger partial charge in [0.05, 0.1) is 14.2 Å². The molecule has 0 aliphatic heterocycles. The Kier molecular flexibility index (Phi) is 5.92. The van der Waals surface area contributed by atoms with Crippen LogP contribution in [0.1, 0.15) is 41.5 Å².